The number of anilines is 1. The Balaban J connectivity index is 2.03. The summed E-state index contributed by atoms with van der Waals surface area (Å²) in [5, 5.41) is 8.92. The van der Waals surface area contributed by atoms with Crippen LogP contribution in [0.1, 0.15) is 5.56 Å². The van der Waals surface area contributed by atoms with Crippen LogP contribution in [0.4, 0.5) is 10.6 Å². The quantitative estimate of drug-likeness (QED) is 0.662. The average molecular weight is 291 g/mol. The van der Waals surface area contributed by atoms with Crippen LogP contribution in [0, 0.1) is 0 Å². The Morgan fingerprint density at radius 2 is 2.05 bits per heavy atom. The number of methoxy groups -OCH3 is 1. The van der Waals surface area contributed by atoms with Crippen molar-refractivity contribution in [1.29, 1.82) is 0 Å². The summed E-state index contributed by atoms with van der Waals surface area (Å²) < 4.78 is 4.54. The summed E-state index contributed by atoms with van der Waals surface area (Å²) in [6, 6.07) is 3.65. The van der Waals surface area contributed by atoms with E-state index in [1.165, 1.54) is 18.1 Å². The van der Waals surface area contributed by atoms with Crippen molar-refractivity contribution in [3.05, 3.63) is 30.0 Å². The Kier molecular flexibility index (Phi) is 4.76. The number of rotatable bonds is 3. The second-order valence-electron chi connectivity index (χ2n) is 4.56. The molecule has 0 bridgehead atoms. The van der Waals surface area contributed by atoms with E-state index < -0.39 is 12.1 Å². The fourth-order valence-electron chi connectivity index (χ4n) is 2.07. The van der Waals surface area contributed by atoms with Gasteiger partial charge in [-0.15, -0.1) is 0 Å². The van der Waals surface area contributed by atoms with Gasteiger partial charge in [-0.3, -0.25) is 0 Å². The van der Waals surface area contributed by atoms with E-state index in [0.717, 1.165) is 11.4 Å². The van der Waals surface area contributed by atoms with E-state index in [1.54, 1.807) is 18.3 Å². The highest BCUT2D eigenvalue weighted by Gasteiger charge is 2.21. The first kappa shape index (κ1) is 14.8. The maximum absolute atomic E-state index is 11.1. The molecule has 0 saturated carbocycles. The van der Waals surface area contributed by atoms with Crippen molar-refractivity contribution in [3.63, 3.8) is 0 Å². The van der Waals surface area contributed by atoms with Gasteiger partial charge in [0.15, 0.2) is 0 Å². The minimum Gasteiger partial charge on any atom is -0.466 e. The van der Waals surface area contributed by atoms with Crippen molar-refractivity contribution in [2.24, 2.45) is 0 Å². The molecule has 1 aliphatic heterocycles. The molecule has 0 aromatic carbocycles. The van der Waals surface area contributed by atoms with Gasteiger partial charge in [-0.1, -0.05) is 0 Å². The second-order valence-corrected chi connectivity index (χ2v) is 4.56. The van der Waals surface area contributed by atoms with Crippen molar-refractivity contribution in [2.75, 3.05) is 38.2 Å². The van der Waals surface area contributed by atoms with Crippen LogP contribution >= 0.6 is 0 Å². The van der Waals surface area contributed by atoms with Crippen LogP contribution in [0.5, 0.6) is 0 Å². The number of esters is 1. The Morgan fingerprint density at radius 1 is 1.33 bits per heavy atom. The highest BCUT2D eigenvalue weighted by molar-refractivity contribution is 5.87. The van der Waals surface area contributed by atoms with E-state index in [2.05, 4.69) is 9.72 Å². The van der Waals surface area contributed by atoms with Crippen molar-refractivity contribution in [1.82, 2.24) is 9.88 Å². The third-order valence-electron chi connectivity index (χ3n) is 3.26. The first-order valence-electron chi connectivity index (χ1n) is 6.55. The number of carbonyl (C=O) groups excluding carboxylic acids is 1. The SMILES string of the molecule is COC(=O)/C=C/c1ccnc(N2CCN(C(=O)O)CC2)c1. The number of aromatic nitrogens is 1. The van der Waals surface area contributed by atoms with Crippen LogP contribution in [-0.2, 0) is 9.53 Å². The molecule has 1 fully saturated rings. The van der Waals surface area contributed by atoms with Gasteiger partial charge in [0.1, 0.15) is 5.82 Å². The summed E-state index contributed by atoms with van der Waals surface area (Å²) in [6.07, 6.45) is 3.78. The van der Waals surface area contributed by atoms with Crippen molar-refractivity contribution < 1.29 is 19.4 Å². The van der Waals surface area contributed by atoms with Crippen molar-refractivity contribution in [3.8, 4) is 0 Å². The molecule has 1 amide bonds. The van der Waals surface area contributed by atoms with Crippen LogP contribution in [0.2, 0.25) is 0 Å². The Morgan fingerprint density at radius 3 is 2.67 bits per heavy atom. The second kappa shape index (κ2) is 6.74. The number of carboxylic acid groups (broad SMARTS) is 1. The standard InChI is InChI=1S/C14H17N3O4/c1-21-13(18)3-2-11-4-5-15-12(10-11)16-6-8-17(9-7-16)14(19)20/h2-5,10H,6-9H2,1H3,(H,19,20)/b3-2+. The minimum atomic E-state index is -0.891. The lowest BCUT2D eigenvalue weighted by atomic mass is 10.2. The van der Waals surface area contributed by atoms with Crippen LogP contribution < -0.4 is 4.90 Å². The van der Waals surface area contributed by atoms with E-state index >= 15 is 0 Å². The molecule has 2 rings (SSSR count). The number of piperazine rings is 1. The summed E-state index contributed by atoms with van der Waals surface area (Å²) in [5.74, 6) is 0.357. The summed E-state index contributed by atoms with van der Waals surface area (Å²) in [4.78, 5) is 29.6. The number of ether oxygens (including phenoxy) is 1. The number of hydrogen-bond donors (Lipinski definition) is 1. The van der Waals surface area contributed by atoms with Gasteiger partial charge < -0.3 is 19.6 Å². The minimum absolute atomic E-state index is 0.413. The van der Waals surface area contributed by atoms with Crippen LogP contribution in [0.25, 0.3) is 6.08 Å². The largest absolute Gasteiger partial charge is 0.466 e. The van der Waals surface area contributed by atoms with Gasteiger partial charge >= 0.3 is 12.1 Å². The third-order valence-corrected chi connectivity index (χ3v) is 3.26. The van der Waals surface area contributed by atoms with Crippen molar-refractivity contribution in [2.45, 2.75) is 0 Å². The summed E-state index contributed by atoms with van der Waals surface area (Å²) in [6.45, 7) is 2.12. The van der Waals surface area contributed by atoms with Gasteiger partial charge in [-0.05, 0) is 23.8 Å². The van der Waals surface area contributed by atoms with E-state index in [1.807, 2.05) is 11.0 Å². The lowest BCUT2D eigenvalue weighted by Gasteiger charge is -2.33. The highest BCUT2D eigenvalue weighted by Crippen LogP contribution is 2.16. The number of nitrogens with zero attached hydrogens (tertiary/aromatic N) is 3. The zero-order chi connectivity index (χ0) is 15.2. The Hall–Kier alpha value is -2.57. The van der Waals surface area contributed by atoms with Gasteiger partial charge in [0.05, 0.1) is 7.11 Å². The fraction of sp³-hybridized carbons (Fsp3) is 0.357. The van der Waals surface area contributed by atoms with Gasteiger partial charge in [-0.2, -0.15) is 0 Å². The molecule has 1 aromatic rings. The molecule has 1 aromatic heterocycles. The molecule has 2 heterocycles. The fourth-order valence-corrected chi connectivity index (χ4v) is 2.07. The Labute approximate surface area is 122 Å². The first-order valence-corrected chi connectivity index (χ1v) is 6.55. The predicted molar refractivity (Wildman–Crippen MR) is 77.1 cm³/mol. The van der Waals surface area contributed by atoms with E-state index in [9.17, 15) is 9.59 Å². The molecule has 112 valence electrons. The summed E-state index contributed by atoms with van der Waals surface area (Å²) in [7, 11) is 1.33. The van der Waals surface area contributed by atoms with Crippen LogP contribution in [-0.4, -0.2) is 60.3 Å². The molecule has 1 saturated heterocycles. The summed E-state index contributed by atoms with van der Waals surface area (Å²) >= 11 is 0. The molecule has 0 radical (unpaired) electrons. The monoisotopic (exact) mass is 291 g/mol. The molecule has 1 aliphatic rings. The average Bonchev–Trinajstić information content (AvgIpc) is 2.53. The van der Waals surface area contributed by atoms with Gasteiger partial charge in [0.25, 0.3) is 0 Å². The number of pyridine rings is 1. The molecular weight excluding hydrogens is 274 g/mol. The molecule has 7 heteroatoms. The molecule has 7 nitrogen and oxygen atoms in total. The van der Waals surface area contributed by atoms with Crippen LogP contribution in [0.15, 0.2) is 24.4 Å². The topological polar surface area (TPSA) is 83.0 Å². The lowest BCUT2D eigenvalue weighted by Crippen LogP contribution is -2.48. The van der Waals surface area contributed by atoms with Gasteiger partial charge in [0.2, 0.25) is 0 Å². The predicted octanol–water partition coefficient (Wildman–Crippen LogP) is 1.07. The molecule has 0 unspecified atom stereocenters. The van der Waals surface area contributed by atoms with E-state index in [-0.39, 0.29) is 0 Å². The first-order chi connectivity index (χ1) is 10.1. The molecule has 0 spiro atoms. The zero-order valence-corrected chi connectivity index (χ0v) is 11.7. The molecular formula is C14H17N3O4. The highest BCUT2D eigenvalue weighted by atomic mass is 16.5. The zero-order valence-electron chi connectivity index (χ0n) is 11.7. The van der Waals surface area contributed by atoms with E-state index in [0.29, 0.717) is 26.2 Å². The van der Waals surface area contributed by atoms with Crippen LogP contribution in [0.3, 0.4) is 0 Å². The Bertz CT molecular complexity index is 551. The number of amides is 1. The summed E-state index contributed by atoms with van der Waals surface area (Å²) in [5.41, 5.74) is 0.839. The molecule has 21 heavy (non-hydrogen) atoms. The van der Waals surface area contributed by atoms with Crippen molar-refractivity contribution >= 4 is 24.0 Å². The van der Waals surface area contributed by atoms with Gasteiger partial charge in [-0.25, -0.2) is 14.6 Å². The third kappa shape index (κ3) is 3.95. The maximum atomic E-state index is 11.1. The van der Waals surface area contributed by atoms with Gasteiger partial charge in [0, 0.05) is 38.5 Å². The number of hydrogen-bond acceptors (Lipinski definition) is 5. The lowest BCUT2D eigenvalue weighted by molar-refractivity contribution is -0.134. The molecule has 1 N–H and O–H groups in total. The maximum Gasteiger partial charge on any atom is 0.407 e. The smallest absolute Gasteiger partial charge is 0.407 e. The normalized spacial score (nSPS) is 15.3. The molecule has 0 atom stereocenters. The number of carbonyl (C=O) groups is 2. The molecule has 0 aliphatic carbocycles. The van der Waals surface area contributed by atoms with E-state index in [4.69, 9.17) is 5.11 Å².